The Morgan fingerprint density at radius 2 is 1.92 bits per heavy atom. The number of anilines is 1. The van der Waals surface area contributed by atoms with E-state index in [4.69, 9.17) is 5.73 Å². The van der Waals surface area contributed by atoms with Crippen molar-refractivity contribution in [3.63, 3.8) is 0 Å². The molecule has 0 aliphatic heterocycles. The normalized spacial score (nSPS) is 14.6. The van der Waals surface area contributed by atoms with Gasteiger partial charge >= 0.3 is 0 Å². The van der Waals surface area contributed by atoms with Gasteiger partial charge in [0.2, 0.25) is 0 Å². The Balaban J connectivity index is 1.76. The smallest absolute Gasteiger partial charge is 0.258 e. The Hall–Kier alpha value is -2.73. The third-order valence-corrected chi connectivity index (χ3v) is 4.63. The molecule has 1 aliphatic carbocycles. The van der Waals surface area contributed by atoms with E-state index in [1.807, 2.05) is 6.92 Å². The number of rotatable bonds is 6. The van der Waals surface area contributed by atoms with E-state index >= 15 is 0 Å². The lowest BCUT2D eigenvalue weighted by Crippen LogP contribution is -2.41. The van der Waals surface area contributed by atoms with Crippen LogP contribution in [0.15, 0.2) is 42.5 Å². The summed E-state index contributed by atoms with van der Waals surface area (Å²) in [4.78, 5) is 24.8. The first-order valence-corrected chi connectivity index (χ1v) is 8.67. The first-order chi connectivity index (χ1) is 12.5. The number of carbonyl (C=O) groups is 2. The summed E-state index contributed by atoms with van der Waals surface area (Å²) >= 11 is 0. The van der Waals surface area contributed by atoms with Crippen LogP contribution in [-0.2, 0) is 0 Å². The first-order valence-electron chi connectivity index (χ1n) is 8.67. The van der Waals surface area contributed by atoms with Crippen LogP contribution < -0.4 is 16.4 Å². The fourth-order valence-electron chi connectivity index (χ4n) is 2.85. The second-order valence-electron chi connectivity index (χ2n) is 6.62. The van der Waals surface area contributed by atoms with Crippen LogP contribution in [-0.4, -0.2) is 24.4 Å². The van der Waals surface area contributed by atoms with Crippen molar-refractivity contribution in [1.82, 2.24) is 5.32 Å². The summed E-state index contributed by atoms with van der Waals surface area (Å²) in [6.07, 6.45) is 2.17. The number of nitrogens with one attached hydrogen (secondary N) is 2. The lowest BCUT2D eigenvalue weighted by molar-refractivity contribution is 0.0932. The van der Waals surface area contributed by atoms with Gasteiger partial charge in [0.1, 0.15) is 5.82 Å². The maximum atomic E-state index is 13.8. The van der Waals surface area contributed by atoms with Crippen molar-refractivity contribution in [2.45, 2.75) is 25.8 Å². The first kappa shape index (κ1) is 18.1. The standard InChI is InChI=1S/C20H22FN3O2/c1-12-6-7-14(19(25)24-18(11-22)13-8-9-13)10-17(12)23-20(26)15-4-2-3-5-16(15)21/h2-7,10,13,18H,8-9,11,22H2,1H3,(H,23,26)(H,24,25). The molecule has 5 nitrogen and oxygen atoms in total. The molecular weight excluding hydrogens is 333 g/mol. The molecule has 0 radical (unpaired) electrons. The lowest BCUT2D eigenvalue weighted by Gasteiger charge is -2.17. The van der Waals surface area contributed by atoms with E-state index in [1.54, 1.807) is 24.3 Å². The van der Waals surface area contributed by atoms with Gasteiger partial charge < -0.3 is 16.4 Å². The SMILES string of the molecule is Cc1ccc(C(=O)NC(CN)C2CC2)cc1NC(=O)c1ccccc1F. The molecule has 1 atom stereocenters. The highest BCUT2D eigenvalue weighted by molar-refractivity contribution is 6.05. The number of carbonyl (C=O) groups excluding carboxylic acids is 2. The zero-order valence-corrected chi connectivity index (χ0v) is 14.6. The summed E-state index contributed by atoms with van der Waals surface area (Å²) in [5, 5.41) is 5.63. The highest BCUT2D eigenvalue weighted by atomic mass is 19.1. The van der Waals surface area contributed by atoms with Crippen LogP contribution in [0.1, 0.15) is 39.1 Å². The molecule has 2 aromatic carbocycles. The molecule has 26 heavy (non-hydrogen) atoms. The van der Waals surface area contributed by atoms with Gasteiger partial charge in [-0.25, -0.2) is 4.39 Å². The number of halogens is 1. The fourth-order valence-corrected chi connectivity index (χ4v) is 2.85. The zero-order valence-electron chi connectivity index (χ0n) is 14.6. The van der Waals surface area contributed by atoms with Gasteiger partial charge in [0.05, 0.1) is 5.56 Å². The third kappa shape index (κ3) is 4.08. The van der Waals surface area contributed by atoms with E-state index < -0.39 is 11.7 Å². The molecular formula is C20H22FN3O2. The average Bonchev–Trinajstić information content (AvgIpc) is 3.46. The molecule has 4 N–H and O–H groups in total. The molecule has 3 rings (SSSR count). The van der Waals surface area contributed by atoms with Gasteiger partial charge in [0.15, 0.2) is 0 Å². The average molecular weight is 355 g/mol. The number of nitrogens with two attached hydrogens (primary N) is 1. The number of hydrogen-bond acceptors (Lipinski definition) is 3. The summed E-state index contributed by atoms with van der Waals surface area (Å²) in [5.41, 5.74) is 7.37. The molecule has 1 fully saturated rings. The van der Waals surface area contributed by atoms with E-state index in [9.17, 15) is 14.0 Å². The van der Waals surface area contributed by atoms with Gasteiger partial charge in [-0.2, -0.15) is 0 Å². The molecule has 0 bridgehead atoms. The summed E-state index contributed by atoms with van der Waals surface area (Å²) in [5.74, 6) is -0.920. The van der Waals surface area contributed by atoms with Crippen molar-refractivity contribution in [3.8, 4) is 0 Å². The van der Waals surface area contributed by atoms with Crippen molar-refractivity contribution in [2.75, 3.05) is 11.9 Å². The van der Waals surface area contributed by atoms with Crippen LogP contribution in [0.3, 0.4) is 0 Å². The minimum absolute atomic E-state index is 0.0275. The van der Waals surface area contributed by atoms with Crippen LogP contribution in [0.25, 0.3) is 0 Å². The minimum Gasteiger partial charge on any atom is -0.348 e. The molecule has 1 saturated carbocycles. The number of benzene rings is 2. The van der Waals surface area contributed by atoms with E-state index in [-0.39, 0.29) is 17.5 Å². The third-order valence-electron chi connectivity index (χ3n) is 4.63. The van der Waals surface area contributed by atoms with Crippen molar-refractivity contribution in [1.29, 1.82) is 0 Å². The molecule has 0 saturated heterocycles. The summed E-state index contributed by atoms with van der Waals surface area (Å²) in [7, 11) is 0. The highest BCUT2D eigenvalue weighted by Gasteiger charge is 2.31. The van der Waals surface area contributed by atoms with Crippen LogP contribution in [0.4, 0.5) is 10.1 Å². The van der Waals surface area contributed by atoms with Crippen LogP contribution in [0.2, 0.25) is 0 Å². The Labute approximate surface area is 151 Å². The van der Waals surface area contributed by atoms with E-state index in [1.165, 1.54) is 18.2 Å². The number of amides is 2. The van der Waals surface area contributed by atoms with Gasteiger partial charge in [0, 0.05) is 23.8 Å². The van der Waals surface area contributed by atoms with E-state index in [0.717, 1.165) is 18.4 Å². The Bertz CT molecular complexity index is 834. The molecule has 0 aromatic heterocycles. The Kier molecular flexibility index (Phi) is 5.32. The minimum atomic E-state index is -0.591. The maximum absolute atomic E-state index is 13.8. The largest absolute Gasteiger partial charge is 0.348 e. The highest BCUT2D eigenvalue weighted by Crippen LogP contribution is 2.32. The fraction of sp³-hybridized carbons (Fsp3) is 0.300. The van der Waals surface area contributed by atoms with Crippen LogP contribution in [0.5, 0.6) is 0 Å². The van der Waals surface area contributed by atoms with Gasteiger partial charge in [-0.15, -0.1) is 0 Å². The molecule has 136 valence electrons. The van der Waals surface area contributed by atoms with Gasteiger partial charge in [0.25, 0.3) is 11.8 Å². The second-order valence-corrected chi connectivity index (χ2v) is 6.62. The molecule has 2 amide bonds. The van der Waals surface area contributed by atoms with Crippen molar-refractivity contribution >= 4 is 17.5 Å². The molecule has 0 spiro atoms. The predicted molar refractivity (Wildman–Crippen MR) is 98.6 cm³/mol. The number of hydrogen-bond donors (Lipinski definition) is 3. The monoisotopic (exact) mass is 355 g/mol. The van der Waals surface area contributed by atoms with Crippen molar-refractivity contribution in [3.05, 3.63) is 65.0 Å². The quantitative estimate of drug-likeness (QED) is 0.745. The topological polar surface area (TPSA) is 84.2 Å². The van der Waals surface area contributed by atoms with Gasteiger partial charge in [-0.05, 0) is 55.5 Å². The predicted octanol–water partition coefficient (Wildman–Crippen LogP) is 2.85. The van der Waals surface area contributed by atoms with E-state index in [2.05, 4.69) is 10.6 Å². The Morgan fingerprint density at radius 3 is 2.58 bits per heavy atom. The summed E-state index contributed by atoms with van der Waals surface area (Å²) in [6.45, 7) is 2.21. The summed E-state index contributed by atoms with van der Waals surface area (Å²) < 4.78 is 13.8. The molecule has 2 aromatic rings. The zero-order chi connectivity index (χ0) is 18.7. The summed E-state index contributed by atoms with van der Waals surface area (Å²) in [6, 6.07) is 10.8. The molecule has 0 heterocycles. The molecule has 6 heteroatoms. The maximum Gasteiger partial charge on any atom is 0.258 e. The molecule has 1 unspecified atom stereocenters. The second kappa shape index (κ2) is 7.66. The molecule has 1 aliphatic rings. The number of aryl methyl sites for hydroxylation is 1. The van der Waals surface area contributed by atoms with Crippen molar-refractivity contribution in [2.24, 2.45) is 11.7 Å². The van der Waals surface area contributed by atoms with Crippen LogP contribution in [0, 0.1) is 18.7 Å². The van der Waals surface area contributed by atoms with Gasteiger partial charge in [-0.3, -0.25) is 9.59 Å². The van der Waals surface area contributed by atoms with Gasteiger partial charge in [-0.1, -0.05) is 18.2 Å². The van der Waals surface area contributed by atoms with Crippen LogP contribution >= 0.6 is 0 Å². The van der Waals surface area contributed by atoms with E-state index in [0.29, 0.717) is 23.7 Å². The lowest BCUT2D eigenvalue weighted by atomic mass is 10.1. The van der Waals surface area contributed by atoms with Crippen molar-refractivity contribution < 1.29 is 14.0 Å². The Morgan fingerprint density at radius 1 is 1.19 bits per heavy atom.